The van der Waals surface area contributed by atoms with Crippen LogP contribution in [-0.4, -0.2) is 63.5 Å². The largest absolute Gasteiger partial charge is 0.508 e. The third-order valence-electron chi connectivity index (χ3n) is 4.59. The van der Waals surface area contributed by atoms with Gasteiger partial charge < -0.3 is 31.7 Å². The Morgan fingerprint density at radius 1 is 1.06 bits per heavy atom. The summed E-state index contributed by atoms with van der Waals surface area (Å²) in [5.74, 6) is -3.67. The minimum absolute atomic E-state index is 0.0521. The van der Waals surface area contributed by atoms with Crippen molar-refractivity contribution in [2.75, 3.05) is 12.3 Å². The number of carbonyl (C=O) groups is 4. The second-order valence-corrected chi connectivity index (χ2v) is 9.19. The maximum absolute atomic E-state index is 12.5. The van der Waals surface area contributed by atoms with Crippen LogP contribution in [0, 0.1) is 0 Å². The zero-order valence-electron chi connectivity index (χ0n) is 17.9. The first-order chi connectivity index (χ1) is 16.1. The molecular weight excluding hydrogens is 530 g/mol. The molecule has 0 aromatic heterocycles. The molecule has 0 aliphatic rings. The summed E-state index contributed by atoms with van der Waals surface area (Å²) in [6.45, 7) is -0.622. The molecule has 182 valence electrons. The fourth-order valence-corrected chi connectivity index (χ4v) is 4.16. The van der Waals surface area contributed by atoms with E-state index in [2.05, 4.69) is 26.6 Å². The van der Waals surface area contributed by atoms with Gasteiger partial charge in [0.05, 0.1) is 0 Å². The normalized spacial score (nSPS) is 12.4. The van der Waals surface area contributed by atoms with Gasteiger partial charge >= 0.3 is 11.9 Å². The molecule has 2 unspecified atom stereocenters. The molecule has 0 aliphatic heterocycles. The Morgan fingerprint density at radius 3 is 2.35 bits per heavy atom. The average Bonchev–Trinajstić information content (AvgIpc) is 2.79. The highest BCUT2D eigenvalue weighted by molar-refractivity contribution is 9.10. The Labute approximate surface area is 208 Å². The van der Waals surface area contributed by atoms with Crippen LogP contribution in [0.15, 0.2) is 51.8 Å². The number of carboxylic acids is 2. The molecule has 0 radical (unpaired) electrons. The molecule has 2 aromatic carbocycles. The van der Waals surface area contributed by atoms with Crippen LogP contribution in [0.3, 0.4) is 0 Å². The second-order valence-electron chi connectivity index (χ2n) is 7.21. The number of amides is 2. The van der Waals surface area contributed by atoms with Crippen molar-refractivity contribution < 1.29 is 34.5 Å². The quantitative estimate of drug-likeness (QED) is 0.213. The predicted octanol–water partition coefficient (Wildman–Crippen LogP) is 1.79. The number of carbonyl (C=O) groups excluding carboxylic acids is 2. The molecule has 2 rings (SSSR count). The number of phenols is 1. The van der Waals surface area contributed by atoms with Crippen LogP contribution in [0.5, 0.6) is 5.75 Å². The maximum atomic E-state index is 12.5. The van der Waals surface area contributed by atoms with E-state index in [1.54, 1.807) is 12.1 Å². The number of nitrogens with two attached hydrogens (primary N) is 1. The van der Waals surface area contributed by atoms with Crippen LogP contribution >= 0.6 is 27.7 Å². The Kier molecular flexibility index (Phi) is 10.4. The highest BCUT2D eigenvalue weighted by Crippen LogP contribution is 2.35. The van der Waals surface area contributed by atoms with E-state index in [1.807, 2.05) is 24.3 Å². The number of phenolic OH excluding ortho intramolecular Hbond substituents is 1. The van der Waals surface area contributed by atoms with Crippen molar-refractivity contribution in [2.45, 2.75) is 29.8 Å². The molecule has 7 N–H and O–H groups in total. The van der Waals surface area contributed by atoms with Crippen LogP contribution in [0.4, 0.5) is 0 Å². The van der Waals surface area contributed by atoms with Gasteiger partial charge in [-0.05, 0) is 47.9 Å². The van der Waals surface area contributed by atoms with Gasteiger partial charge in [0, 0.05) is 21.5 Å². The summed E-state index contributed by atoms with van der Waals surface area (Å²) in [6.07, 6.45) is -0.340. The zero-order valence-corrected chi connectivity index (χ0v) is 20.3. The predicted molar refractivity (Wildman–Crippen MR) is 129 cm³/mol. The summed E-state index contributed by atoms with van der Waals surface area (Å²) < 4.78 is 0.881. The van der Waals surface area contributed by atoms with Gasteiger partial charge in [-0.1, -0.05) is 28.1 Å². The summed E-state index contributed by atoms with van der Waals surface area (Å²) in [5, 5.41) is 32.4. The number of hydrogen-bond acceptors (Lipinski definition) is 7. The monoisotopic (exact) mass is 553 g/mol. The maximum Gasteiger partial charge on any atom is 0.322 e. The number of hydrogen-bond donors (Lipinski definition) is 6. The van der Waals surface area contributed by atoms with Crippen LogP contribution in [0.1, 0.15) is 12.8 Å². The molecule has 0 aliphatic carbocycles. The standard InChI is InChI=1S/C22H24BrN3O7S/c23-13-3-1-12(2-4-13)15-9-14(27)5-7-18(15)34-11-17(21(31)25-10-20(29)30)26-19(28)8-6-16(24)22(32)33/h1-5,7,9,16-17,27H,6,8,10-11,24H2,(H,25,31)(H,26,28)(H,29,30)(H,32,33). The lowest BCUT2D eigenvalue weighted by Gasteiger charge is -2.19. The summed E-state index contributed by atoms with van der Waals surface area (Å²) in [5.41, 5.74) is 6.94. The summed E-state index contributed by atoms with van der Waals surface area (Å²) in [4.78, 5) is 47.2. The Hall–Kier alpha value is -3.09. The molecule has 0 saturated carbocycles. The van der Waals surface area contributed by atoms with Crippen LogP contribution in [-0.2, 0) is 19.2 Å². The molecule has 2 amide bonds. The second kappa shape index (κ2) is 13.0. The van der Waals surface area contributed by atoms with Gasteiger partial charge in [-0.2, -0.15) is 0 Å². The minimum Gasteiger partial charge on any atom is -0.508 e. The Bertz CT molecular complexity index is 1050. The molecule has 10 nitrogen and oxygen atoms in total. The third kappa shape index (κ3) is 8.69. The van der Waals surface area contributed by atoms with Gasteiger partial charge in [0.2, 0.25) is 11.8 Å². The van der Waals surface area contributed by atoms with Crippen molar-refractivity contribution in [3.8, 4) is 16.9 Å². The summed E-state index contributed by atoms with van der Waals surface area (Å²) >= 11 is 4.60. The number of benzene rings is 2. The van der Waals surface area contributed by atoms with E-state index in [-0.39, 0.29) is 24.3 Å². The number of aliphatic carboxylic acids is 2. The summed E-state index contributed by atoms with van der Waals surface area (Å²) in [7, 11) is 0. The van der Waals surface area contributed by atoms with Crippen LogP contribution in [0.25, 0.3) is 11.1 Å². The molecule has 2 atom stereocenters. The fourth-order valence-electron chi connectivity index (χ4n) is 2.82. The molecule has 2 aromatic rings. The Balaban J connectivity index is 2.17. The van der Waals surface area contributed by atoms with E-state index in [9.17, 15) is 24.3 Å². The van der Waals surface area contributed by atoms with Crippen LogP contribution in [0.2, 0.25) is 0 Å². The number of thioether (sulfide) groups is 1. The lowest BCUT2D eigenvalue weighted by atomic mass is 10.1. The van der Waals surface area contributed by atoms with Crippen molar-refractivity contribution in [3.63, 3.8) is 0 Å². The van der Waals surface area contributed by atoms with Gasteiger partial charge in [-0.3, -0.25) is 19.2 Å². The van der Waals surface area contributed by atoms with Crippen molar-refractivity contribution in [1.29, 1.82) is 0 Å². The van der Waals surface area contributed by atoms with E-state index in [0.29, 0.717) is 5.56 Å². The minimum atomic E-state index is -1.24. The van der Waals surface area contributed by atoms with Crippen LogP contribution < -0.4 is 16.4 Å². The van der Waals surface area contributed by atoms with E-state index in [4.69, 9.17) is 15.9 Å². The van der Waals surface area contributed by atoms with Gasteiger partial charge in [0.15, 0.2) is 0 Å². The number of aromatic hydroxyl groups is 1. The van der Waals surface area contributed by atoms with Gasteiger partial charge in [0.25, 0.3) is 0 Å². The molecule has 0 heterocycles. The SMILES string of the molecule is NC(CCC(=O)NC(CSc1ccc(O)cc1-c1ccc(Br)cc1)C(=O)NCC(=O)O)C(=O)O. The first-order valence-corrected chi connectivity index (χ1v) is 11.8. The molecule has 0 fully saturated rings. The molecule has 34 heavy (non-hydrogen) atoms. The zero-order chi connectivity index (χ0) is 25.3. The van der Waals surface area contributed by atoms with Crippen molar-refractivity contribution >= 4 is 51.4 Å². The van der Waals surface area contributed by atoms with Crippen molar-refractivity contribution in [1.82, 2.24) is 10.6 Å². The molecule has 12 heteroatoms. The highest BCUT2D eigenvalue weighted by Gasteiger charge is 2.23. The van der Waals surface area contributed by atoms with Crippen molar-refractivity contribution in [2.24, 2.45) is 5.73 Å². The van der Waals surface area contributed by atoms with E-state index < -0.39 is 42.4 Å². The molecular formula is C22H24BrN3O7S. The summed E-state index contributed by atoms with van der Waals surface area (Å²) in [6, 6.07) is 9.84. The fraction of sp³-hybridized carbons (Fsp3) is 0.273. The lowest BCUT2D eigenvalue weighted by molar-refractivity contribution is -0.139. The first-order valence-electron chi connectivity index (χ1n) is 10.1. The highest BCUT2D eigenvalue weighted by atomic mass is 79.9. The molecule has 0 bridgehead atoms. The van der Waals surface area contributed by atoms with Gasteiger partial charge in [0.1, 0.15) is 24.4 Å². The number of rotatable bonds is 12. The Morgan fingerprint density at radius 2 is 1.74 bits per heavy atom. The van der Waals surface area contributed by atoms with E-state index in [1.165, 1.54) is 17.8 Å². The molecule has 0 saturated heterocycles. The van der Waals surface area contributed by atoms with Gasteiger partial charge in [-0.25, -0.2) is 0 Å². The third-order valence-corrected chi connectivity index (χ3v) is 6.28. The topological polar surface area (TPSA) is 179 Å². The van der Waals surface area contributed by atoms with Crippen molar-refractivity contribution in [3.05, 3.63) is 46.9 Å². The van der Waals surface area contributed by atoms with E-state index in [0.717, 1.165) is 14.9 Å². The number of halogens is 1. The number of carboxylic acid groups (broad SMARTS) is 2. The van der Waals surface area contributed by atoms with Gasteiger partial charge in [-0.15, -0.1) is 11.8 Å². The van der Waals surface area contributed by atoms with E-state index >= 15 is 0 Å². The molecule has 0 spiro atoms. The lowest BCUT2D eigenvalue weighted by Crippen LogP contribution is -2.49. The number of nitrogens with one attached hydrogen (secondary N) is 2. The average molecular weight is 554 g/mol. The first kappa shape index (κ1) is 27.2. The smallest absolute Gasteiger partial charge is 0.322 e.